The van der Waals surface area contributed by atoms with Crippen LogP contribution in [0.5, 0.6) is 0 Å². The molecule has 1 aromatic rings. The number of benzene rings is 1. The van der Waals surface area contributed by atoms with Gasteiger partial charge in [-0.05, 0) is 37.0 Å². The molecule has 0 radical (unpaired) electrons. The van der Waals surface area contributed by atoms with E-state index in [4.69, 9.17) is 11.6 Å². The highest BCUT2D eigenvalue weighted by Crippen LogP contribution is 2.28. The summed E-state index contributed by atoms with van der Waals surface area (Å²) in [6, 6.07) is 6.14. The van der Waals surface area contributed by atoms with Crippen molar-refractivity contribution in [1.82, 2.24) is 9.80 Å². The van der Waals surface area contributed by atoms with Gasteiger partial charge in [-0.3, -0.25) is 9.69 Å². The third-order valence-corrected chi connectivity index (χ3v) is 4.39. The first kappa shape index (κ1) is 14.4. The molecule has 2 aliphatic heterocycles. The van der Waals surface area contributed by atoms with Crippen molar-refractivity contribution in [2.75, 3.05) is 13.1 Å². The van der Waals surface area contributed by atoms with Crippen molar-refractivity contribution in [3.63, 3.8) is 0 Å². The van der Waals surface area contributed by atoms with Crippen LogP contribution in [0.25, 0.3) is 0 Å². The maximum absolute atomic E-state index is 12.3. The predicted molar refractivity (Wildman–Crippen MR) is 77.9 cm³/mol. The summed E-state index contributed by atoms with van der Waals surface area (Å²) in [6.45, 7) is 0.620. The molecule has 2 aliphatic rings. The average molecular weight is 309 g/mol. The monoisotopic (exact) mass is 308 g/mol. The fourth-order valence-corrected chi connectivity index (χ4v) is 3.10. The van der Waals surface area contributed by atoms with Gasteiger partial charge in [-0.25, -0.2) is 4.79 Å². The molecule has 2 fully saturated rings. The smallest absolute Gasteiger partial charge is 0.327 e. The number of hydrogen-bond donors (Lipinski definition) is 1. The van der Waals surface area contributed by atoms with Crippen molar-refractivity contribution in [1.29, 1.82) is 0 Å². The van der Waals surface area contributed by atoms with Crippen molar-refractivity contribution in [3.05, 3.63) is 34.9 Å². The Morgan fingerprint density at radius 2 is 1.95 bits per heavy atom. The lowest BCUT2D eigenvalue weighted by Gasteiger charge is -2.26. The molecule has 5 nitrogen and oxygen atoms in total. The summed E-state index contributed by atoms with van der Waals surface area (Å²) in [6.07, 6.45) is 1.73. The van der Waals surface area contributed by atoms with Gasteiger partial charge in [-0.1, -0.05) is 23.7 Å². The standard InChI is InChI=1S/C15H17ClN2O3/c16-11-6-4-10(5-7-11)13(19)9-18-14(20)12-3-1-2-8-17(12)15(18)21/h4-7,12-13,19H,1-3,8-9H2/t12-,13+/m0/s1. The lowest BCUT2D eigenvalue weighted by atomic mass is 10.0. The Morgan fingerprint density at radius 1 is 1.24 bits per heavy atom. The quantitative estimate of drug-likeness (QED) is 0.871. The van der Waals surface area contributed by atoms with Crippen molar-refractivity contribution in [3.8, 4) is 0 Å². The van der Waals surface area contributed by atoms with Gasteiger partial charge < -0.3 is 10.0 Å². The molecule has 2 atom stereocenters. The summed E-state index contributed by atoms with van der Waals surface area (Å²) in [7, 11) is 0. The number of β-amino-alcohol motifs (C(OH)–C–C–N with tert-alkyl or cyclic N) is 1. The Kier molecular flexibility index (Phi) is 3.87. The molecule has 0 bridgehead atoms. The third kappa shape index (κ3) is 2.63. The van der Waals surface area contributed by atoms with Gasteiger partial charge in [0, 0.05) is 11.6 Å². The Morgan fingerprint density at radius 3 is 2.62 bits per heavy atom. The molecule has 3 amide bonds. The largest absolute Gasteiger partial charge is 0.387 e. The minimum Gasteiger partial charge on any atom is -0.387 e. The van der Waals surface area contributed by atoms with Gasteiger partial charge in [0.15, 0.2) is 0 Å². The predicted octanol–water partition coefficient (Wildman–Crippen LogP) is 2.19. The Labute approximate surface area is 128 Å². The molecule has 1 N–H and O–H groups in total. The molecule has 112 valence electrons. The molecule has 0 saturated carbocycles. The molecular formula is C15H17ClN2O3. The fourth-order valence-electron chi connectivity index (χ4n) is 2.98. The van der Waals surface area contributed by atoms with Crippen LogP contribution in [-0.4, -0.2) is 46.0 Å². The lowest BCUT2D eigenvalue weighted by Crippen LogP contribution is -2.39. The molecule has 0 aromatic heterocycles. The first-order valence-corrected chi connectivity index (χ1v) is 7.51. The van der Waals surface area contributed by atoms with Crippen LogP contribution < -0.4 is 0 Å². The van der Waals surface area contributed by atoms with Gasteiger partial charge in [-0.2, -0.15) is 0 Å². The van der Waals surface area contributed by atoms with Gasteiger partial charge in [-0.15, -0.1) is 0 Å². The second-order valence-electron chi connectivity index (χ2n) is 5.50. The molecule has 6 heteroatoms. The first-order chi connectivity index (χ1) is 10.1. The van der Waals surface area contributed by atoms with Gasteiger partial charge in [0.2, 0.25) is 0 Å². The molecule has 0 unspecified atom stereocenters. The zero-order valence-electron chi connectivity index (χ0n) is 11.5. The number of fused-ring (bicyclic) bond motifs is 1. The van der Waals surface area contributed by atoms with Crippen molar-refractivity contribution in [2.45, 2.75) is 31.4 Å². The van der Waals surface area contributed by atoms with Crippen LogP contribution in [0.3, 0.4) is 0 Å². The van der Waals surface area contributed by atoms with E-state index in [1.54, 1.807) is 29.2 Å². The number of nitrogens with zero attached hydrogens (tertiary/aromatic N) is 2. The molecule has 0 aliphatic carbocycles. The van der Waals surface area contributed by atoms with Crippen LogP contribution in [-0.2, 0) is 4.79 Å². The minimum absolute atomic E-state index is 0.00764. The van der Waals surface area contributed by atoms with Crippen LogP contribution in [0.4, 0.5) is 4.79 Å². The number of urea groups is 1. The molecule has 0 spiro atoms. The highest BCUT2D eigenvalue weighted by molar-refractivity contribution is 6.30. The Balaban J connectivity index is 1.73. The highest BCUT2D eigenvalue weighted by atomic mass is 35.5. The zero-order valence-corrected chi connectivity index (χ0v) is 12.3. The normalized spacial score (nSPS) is 23.4. The summed E-state index contributed by atoms with van der Waals surface area (Å²) in [4.78, 5) is 27.4. The van der Waals surface area contributed by atoms with E-state index < -0.39 is 6.10 Å². The number of carbonyl (C=O) groups is 2. The van der Waals surface area contributed by atoms with Crippen LogP contribution in [0.2, 0.25) is 5.02 Å². The van der Waals surface area contributed by atoms with Crippen LogP contribution >= 0.6 is 11.6 Å². The number of aliphatic hydroxyl groups excluding tert-OH is 1. The molecular weight excluding hydrogens is 292 g/mol. The van der Waals surface area contributed by atoms with E-state index >= 15 is 0 Å². The van der Waals surface area contributed by atoms with Crippen LogP contribution in [0.15, 0.2) is 24.3 Å². The summed E-state index contributed by atoms with van der Waals surface area (Å²) in [5.41, 5.74) is 0.643. The van der Waals surface area contributed by atoms with Crippen molar-refractivity contribution < 1.29 is 14.7 Å². The second-order valence-corrected chi connectivity index (χ2v) is 5.94. The molecule has 1 aromatic carbocycles. The van der Waals surface area contributed by atoms with Gasteiger partial charge in [0.1, 0.15) is 6.04 Å². The molecule has 2 heterocycles. The van der Waals surface area contributed by atoms with Gasteiger partial charge in [0.25, 0.3) is 5.91 Å². The summed E-state index contributed by atoms with van der Waals surface area (Å²) in [5.74, 6) is -0.187. The van der Waals surface area contributed by atoms with E-state index in [1.807, 2.05) is 0 Å². The first-order valence-electron chi connectivity index (χ1n) is 7.13. The van der Waals surface area contributed by atoms with Crippen LogP contribution in [0.1, 0.15) is 30.9 Å². The summed E-state index contributed by atoms with van der Waals surface area (Å²) < 4.78 is 0. The van der Waals surface area contributed by atoms with E-state index in [0.717, 1.165) is 19.3 Å². The maximum Gasteiger partial charge on any atom is 0.327 e. The molecule has 21 heavy (non-hydrogen) atoms. The van der Waals surface area contributed by atoms with E-state index in [2.05, 4.69) is 0 Å². The molecule has 3 rings (SSSR count). The van der Waals surface area contributed by atoms with Gasteiger partial charge >= 0.3 is 6.03 Å². The van der Waals surface area contributed by atoms with Crippen LogP contribution in [0, 0.1) is 0 Å². The summed E-state index contributed by atoms with van der Waals surface area (Å²) >= 11 is 5.81. The minimum atomic E-state index is -0.892. The van der Waals surface area contributed by atoms with Gasteiger partial charge in [0.05, 0.1) is 12.6 Å². The number of amides is 3. The topological polar surface area (TPSA) is 60.9 Å². The zero-order chi connectivity index (χ0) is 15.0. The maximum atomic E-state index is 12.3. The van der Waals surface area contributed by atoms with Crippen molar-refractivity contribution >= 4 is 23.5 Å². The van der Waals surface area contributed by atoms with E-state index in [9.17, 15) is 14.7 Å². The third-order valence-electron chi connectivity index (χ3n) is 4.14. The Bertz CT molecular complexity index is 537. The Hall–Kier alpha value is -1.59. The number of piperidine rings is 1. The number of aliphatic hydroxyl groups is 1. The van der Waals surface area contributed by atoms with E-state index in [-0.39, 0.29) is 24.5 Å². The SMILES string of the molecule is O=C1[C@@H]2CCCCN2C(=O)N1C[C@@H](O)c1ccc(Cl)cc1. The highest BCUT2D eigenvalue weighted by Gasteiger charge is 2.46. The van der Waals surface area contributed by atoms with E-state index in [1.165, 1.54) is 4.90 Å². The number of rotatable bonds is 3. The number of halogens is 1. The number of hydrogen-bond acceptors (Lipinski definition) is 3. The second kappa shape index (κ2) is 5.66. The lowest BCUT2D eigenvalue weighted by molar-refractivity contribution is -0.129. The van der Waals surface area contributed by atoms with Crippen molar-refractivity contribution in [2.24, 2.45) is 0 Å². The molecule has 2 saturated heterocycles. The number of carbonyl (C=O) groups excluding carboxylic acids is 2. The average Bonchev–Trinajstić information content (AvgIpc) is 2.73. The number of imide groups is 1. The fraction of sp³-hybridized carbons (Fsp3) is 0.467. The van der Waals surface area contributed by atoms with E-state index in [0.29, 0.717) is 17.1 Å². The summed E-state index contributed by atoms with van der Waals surface area (Å²) in [5, 5.41) is 10.8.